The highest BCUT2D eigenvalue weighted by molar-refractivity contribution is 7.89. The summed E-state index contributed by atoms with van der Waals surface area (Å²) in [5.74, 6) is 0.452. The van der Waals surface area contributed by atoms with Crippen molar-refractivity contribution in [2.75, 3.05) is 6.54 Å². The maximum Gasteiger partial charge on any atom is 0.243 e. The Morgan fingerprint density at radius 2 is 2.00 bits per heavy atom. The maximum atomic E-state index is 13.2. The first-order chi connectivity index (χ1) is 12.5. The van der Waals surface area contributed by atoms with Crippen molar-refractivity contribution in [2.24, 2.45) is 0 Å². The van der Waals surface area contributed by atoms with Crippen LogP contribution in [0.15, 0.2) is 53.6 Å². The Morgan fingerprint density at radius 1 is 1.15 bits per heavy atom. The first-order valence-electron chi connectivity index (χ1n) is 8.41. The fourth-order valence-electron chi connectivity index (χ4n) is 3.38. The number of sulfonamides is 1. The van der Waals surface area contributed by atoms with E-state index < -0.39 is 10.0 Å². The summed E-state index contributed by atoms with van der Waals surface area (Å²) in [6.45, 7) is 1.84. The number of carbonyl (C=O) groups excluding carboxylic acids is 1. The molecule has 0 spiro atoms. The van der Waals surface area contributed by atoms with Crippen LogP contribution in [0.4, 0.5) is 0 Å². The summed E-state index contributed by atoms with van der Waals surface area (Å²) in [5.41, 5.74) is 1.07. The number of ketones is 1. The number of nitrogens with zero attached hydrogens (tertiary/aromatic N) is 4. The van der Waals surface area contributed by atoms with E-state index in [1.54, 1.807) is 12.1 Å². The molecule has 1 aliphatic heterocycles. The molecule has 0 bridgehead atoms. The number of carbonyl (C=O) groups is 1. The first kappa shape index (κ1) is 16.9. The van der Waals surface area contributed by atoms with Crippen molar-refractivity contribution in [2.45, 2.75) is 30.7 Å². The molecule has 3 aromatic rings. The molecule has 0 N–H and O–H groups in total. The van der Waals surface area contributed by atoms with E-state index in [9.17, 15) is 13.2 Å². The third kappa shape index (κ3) is 2.71. The third-order valence-electron chi connectivity index (χ3n) is 4.69. The van der Waals surface area contributed by atoms with Crippen molar-refractivity contribution in [1.29, 1.82) is 0 Å². The minimum absolute atomic E-state index is 0.130. The Labute approximate surface area is 151 Å². The Balaban J connectivity index is 1.76. The minimum atomic E-state index is -3.74. The molecule has 1 unspecified atom stereocenters. The molecular weight excluding hydrogens is 352 g/mol. The van der Waals surface area contributed by atoms with E-state index in [-0.39, 0.29) is 16.7 Å². The highest BCUT2D eigenvalue weighted by atomic mass is 32.2. The minimum Gasteiger partial charge on any atom is -0.295 e. The van der Waals surface area contributed by atoms with Gasteiger partial charge in [-0.1, -0.05) is 18.2 Å². The monoisotopic (exact) mass is 370 g/mol. The number of hydrogen-bond acceptors (Lipinski definition) is 5. The van der Waals surface area contributed by atoms with Gasteiger partial charge in [-0.05, 0) is 44.0 Å². The summed E-state index contributed by atoms with van der Waals surface area (Å²) in [7, 11) is -3.74. The van der Waals surface area contributed by atoms with Crippen LogP contribution >= 0.6 is 0 Å². The molecule has 134 valence electrons. The topological polar surface area (TPSA) is 84.6 Å². The Morgan fingerprint density at radius 3 is 2.81 bits per heavy atom. The average Bonchev–Trinajstić information content (AvgIpc) is 3.28. The molecule has 2 aromatic heterocycles. The van der Waals surface area contributed by atoms with Crippen LogP contribution in [-0.2, 0) is 10.0 Å². The van der Waals surface area contributed by atoms with Gasteiger partial charge in [-0.15, -0.1) is 10.2 Å². The summed E-state index contributed by atoms with van der Waals surface area (Å²) in [6, 6.07) is 11.4. The highest BCUT2D eigenvalue weighted by Crippen LogP contribution is 2.36. The third-order valence-corrected chi connectivity index (χ3v) is 6.59. The zero-order valence-electron chi connectivity index (χ0n) is 14.2. The largest absolute Gasteiger partial charge is 0.295 e. The van der Waals surface area contributed by atoms with E-state index in [0.29, 0.717) is 30.0 Å². The summed E-state index contributed by atoms with van der Waals surface area (Å²) in [4.78, 5) is 11.7. The predicted molar refractivity (Wildman–Crippen MR) is 95.3 cm³/mol. The van der Waals surface area contributed by atoms with Crippen molar-refractivity contribution in [1.82, 2.24) is 18.9 Å². The van der Waals surface area contributed by atoms with Crippen molar-refractivity contribution in [3.05, 3.63) is 60.0 Å². The van der Waals surface area contributed by atoms with Gasteiger partial charge in [0.15, 0.2) is 17.3 Å². The van der Waals surface area contributed by atoms with Crippen LogP contribution in [0.25, 0.3) is 5.65 Å². The second-order valence-corrected chi connectivity index (χ2v) is 8.24. The number of Topliss-reactive ketones (excluding diaryl/α,β-unsaturated/α-hetero) is 1. The van der Waals surface area contributed by atoms with Gasteiger partial charge in [0.2, 0.25) is 10.0 Å². The summed E-state index contributed by atoms with van der Waals surface area (Å²) >= 11 is 0. The van der Waals surface area contributed by atoms with Gasteiger partial charge >= 0.3 is 0 Å². The Bertz CT molecular complexity index is 1090. The summed E-state index contributed by atoms with van der Waals surface area (Å²) in [5, 5.41) is 8.37. The lowest BCUT2D eigenvalue weighted by atomic mass is 10.2. The molecule has 0 saturated carbocycles. The van der Waals surface area contributed by atoms with Crippen LogP contribution < -0.4 is 0 Å². The molecule has 7 nitrogen and oxygen atoms in total. The van der Waals surface area contributed by atoms with E-state index in [1.165, 1.54) is 23.4 Å². The molecule has 26 heavy (non-hydrogen) atoms. The zero-order valence-corrected chi connectivity index (χ0v) is 15.1. The van der Waals surface area contributed by atoms with Crippen LogP contribution in [0.3, 0.4) is 0 Å². The normalized spacial score (nSPS) is 18.4. The molecule has 0 radical (unpaired) electrons. The number of rotatable bonds is 4. The number of benzene rings is 1. The highest BCUT2D eigenvalue weighted by Gasteiger charge is 2.38. The van der Waals surface area contributed by atoms with Gasteiger partial charge in [-0.3, -0.25) is 9.20 Å². The van der Waals surface area contributed by atoms with E-state index in [1.807, 2.05) is 28.8 Å². The smallest absolute Gasteiger partial charge is 0.243 e. The van der Waals surface area contributed by atoms with Gasteiger partial charge in [0.1, 0.15) is 0 Å². The molecule has 1 saturated heterocycles. The van der Waals surface area contributed by atoms with Crippen LogP contribution in [0, 0.1) is 0 Å². The number of hydrogen-bond donors (Lipinski definition) is 0. The molecule has 8 heteroatoms. The standard InChI is InChI=1S/C18H18N4O3S/c1-13(23)14-6-4-7-15(12-14)26(24,25)22-11-5-8-16(22)18-20-19-17-9-2-3-10-21(17)18/h2-4,6-7,9-10,12,16H,5,8,11H2,1H3. The second kappa shape index (κ2) is 6.30. The van der Waals surface area contributed by atoms with E-state index in [4.69, 9.17) is 0 Å². The quantitative estimate of drug-likeness (QED) is 0.659. The molecular formula is C18H18N4O3S. The average molecular weight is 370 g/mol. The fourth-order valence-corrected chi connectivity index (χ4v) is 5.09. The van der Waals surface area contributed by atoms with Crippen molar-refractivity contribution < 1.29 is 13.2 Å². The van der Waals surface area contributed by atoms with Gasteiger partial charge in [0, 0.05) is 18.3 Å². The van der Waals surface area contributed by atoms with Crippen molar-refractivity contribution in [3.8, 4) is 0 Å². The van der Waals surface area contributed by atoms with Crippen molar-refractivity contribution >= 4 is 21.5 Å². The van der Waals surface area contributed by atoms with Crippen LogP contribution in [0.2, 0.25) is 0 Å². The lowest BCUT2D eigenvalue weighted by Crippen LogP contribution is -2.31. The molecule has 1 atom stereocenters. The molecule has 4 rings (SSSR count). The molecule has 0 amide bonds. The summed E-state index contributed by atoms with van der Waals surface area (Å²) in [6.07, 6.45) is 3.27. The SMILES string of the molecule is CC(=O)c1cccc(S(=O)(=O)N2CCCC2c2nnc3ccccn23)c1. The van der Waals surface area contributed by atoms with Crippen LogP contribution in [0.5, 0.6) is 0 Å². The van der Waals surface area contributed by atoms with Crippen LogP contribution in [0.1, 0.15) is 42.0 Å². The van der Waals surface area contributed by atoms with Crippen LogP contribution in [-0.4, -0.2) is 39.6 Å². The van der Waals surface area contributed by atoms with E-state index in [2.05, 4.69) is 10.2 Å². The first-order valence-corrected chi connectivity index (χ1v) is 9.85. The van der Waals surface area contributed by atoms with Crippen molar-refractivity contribution in [3.63, 3.8) is 0 Å². The predicted octanol–water partition coefficient (Wildman–Crippen LogP) is 2.46. The maximum absolute atomic E-state index is 13.2. The van der Waals surface area contributed by atoms with Gasteiger partial charge in [0.25, 0.3) is 0 Å². The van der Waals surface area contributed by atoms with Gasteiger partial charge in [-0.2, -0.15) is 4.31 Å². The fraction of sp³-hybridized carbons (Fsp3) is 0.278. The van der Waals surface area contributed by atoms with E-state index >= 15 is 0 Å². The van der Waals surface area contributed by atoms with Gasteiger partial charge in [-0.25, -0.2) is 8.42 Å². The number of aromatic nitrogens is 3. The second-order valence-electron chi connectivity index (χ2n) is 6.34. The Hall–Kier alpha value is -2.58. The molecule has 1 aliphatic rings. The number of fused-ring (bicyclic) bond motifs is 1. The Kier molecular flexibility index (Phi) is 4.08. The zero-order chi connectivity index (χ0) is 18.3. The molecule has 0 aliphatic carbocycles. The lowest BCUT2D eigenvalue weighted by molar-refractivity contribution is 0.101. The van der Waals surface area contributed by atoms with E-state index in [0.717, 1.165) is 6.42 Å². The number of pyridine rings is 1. The lowest BCUT2D eigenvalue weighted by Gasteiger charge is -2.23. The van der Waals surface area contributed by atoms with Gasteiger partial charge < -0.3 is 0 Å². The molecule has 1 aromatic carbocycles. The van der Waals surface area contributed by atoms with Gasteiger partial charge in [0.05, 0.1) is 10.9 Å². The molecule has 1 fully saturated rings. The molecule has 3 heterocycles. The summed E-state index contributed by atoms with van der Waals surface area (Å²) < 4.78 is 29.7.